The molecule has 3 nitrogen and oxygen atoms in total. The Hall–Kier alpha value is -1.75. The smallest absolute Gasteiger partial charge is 0.254 e. The highest BCUT2D eigenvalue weighted by atomic mass is 35.6. The Bertz CT molecular complexity index is 920. The van der Waals surface area contributed by atoms with E-state index in [-0.39, 0.29) is 0 Å². The molecule has 0 fully saturated rings. The Labute approximate surface area is 196 Å². The Morgan fingerprint density at radius 2 is 1.27 bits per heavy atom. The van der Waals surface area contributed by atoms with Crippen molar-refractivity contribution in [3.05, 3.63) is 107 Å². The monoisotopic (exact) mass is 480 g/mol. The molecule has 0 heterocycles. The minimum Gasteiger partial charge on any atom is -0.332 e. The first-order valence-electron chi connectivity index (χ1n) is 9.28. The van der Waals surface area contributed by atoms with Gasteiger partial charge in [0.05, 0.1) is 10.6 Å². The van der Waals surface area contributed by atoms with Crippen LogP contribution in [0.25, 0.3) is 0 Å². The molecule has 3 rings (SSSR count). The zero-order valence-electron chi connectivity index (χ0n) is 15.9. The molecule has 0 saturated carbocycles. The van der Waals surface area contributed by atoms with E-state index in [1.54, 1.807) is 24.3 Å². The first-order valence-corrected chi connectivity index (χ1v) is 10.8. The van der Waals surface area contributed by atoms with E-state index in [4.69, 9.17) is 46.4 Å². The summed E-state index contributed by atoms with van der Waals surface area (Å²) in [5.41, 5.74) is 2.37. The van der Waals surface area contributed by atoms with Crippen LogP contribution in [0.5, 0.6) is 0 Å². The van der Waals surface area contributed by atoms with Gasteiger partial charge in [-0.1, -0.05) is 119 Å². The summed E-state index contributed by atoms with van der Waals surface area (Å²) < 4.78 is -1.78. The molecule has 1 N–H and O–H groups in total. The zero-order valence-corrected chi connectivity index (χ0v) is 19.0. The average Bonchev–Trinajstić information content (AvgIpc) is 2.72. The second kappa shape index (κ2) is 10.5. The minimum atomic E-state index is -1.78. The molecule has 0 aromatic heterocycles. The lowest BCUT2D eigenvalue weighted by Crippen LogP contribution is -2.54. The molecule has 0 aliphatic carbocycles. The highest BCUT2D eigenvalue weighted by Gasteiger charge is 2.39. The van der Waals surface area contributed by atoms with E-state index in [2.05, 4.69) is 5.32 Å². The summed E-state index contributed by atoms with van der Waals surface area (Å²) in [6, 6.07) is 26.4. The zero-order chi connectivity index (χ0) is 21.6. The maximum atomic E-state index is 12.9. The number of halogens is 4. The van der Waals surface area contributed by atoms with Crippen molar-refractivity contribution in [1.29, 1.82) is 0 Å². The highest BCUT2D eigenvalue weighted by Crippen LogP contribution is 2.34. The van der Waals surface area contributed by atoms with Crippen LogP contribution in [0, 0.1) is 0 Å². The fourth-order valence-electron chi connectivity index (χ4n) is 3.10. The Morgan fingerprint density at radius 1 is 0.800 bits per heavy atom. The molecule has 156 valence electrons. The van der Waals surface area contributed by atoms with Gasteiger partial charge in [0.1, 0.15) is 6.17 Å². The standard InChI is InChI=1S/C23H20Cl4N2O/c24-20-14-8-7-13-19(20)21(30)28-22(23(25,26)27)29(15-17-9-3-1-4-10-17)16-18-11-5-2-6-12-18/h1-14,22H,15-16H2,(H,28,30). The van der Waals surface area contributed by atoms with Crippen LogP contribution in [0.2, 0.25) is 5.02 Å². The van der Waals surface area contributed by atoms with E-state index < -0.39 is 15.9 Å². The van der Waals surface area contributed by atoms with Crippen molar-refractivity contribution in [1.82, 2.24) is 10.2 Å². The summed E-state index contributed by atoms with van der Waals surface area (Å²) in [7, 11) is 0. The first-order chi connectivity index (χ1) is 14.3. The second-order valence-electron chi connectivity index (χ2n) is 6.77. The maximum Gasteiger partial charge on any atom is 0.254 e. The Morgan fingerprint density at radius 3 is 1.73 bits per heavy atom. The van der Waals surface area contributed by atoms with Crippen LogP contribution in [-0.4, -0.2) is 20.8 Å². The van der Waals surface area contributed by atoms with E-state index in [9.17, 15) is 4.79 Å². The van der Waals surface area contributed by atoms with Gasteiger partial charge in [-0.3, -0.25) is 9.69 Å². The molecule has 1 amide bonds. The normalized spacial score (nSPS) is 12.6. The Kier molecular flexibility index (Phi) is 8.04. The number of rotatable bonds is 7. The fourth-order valence-corrected chi connectivity index (χ4v) is 3.90. The quantitative estimate of drug-likeness (QED) is 0.310. The van der Waals surface area contributed by atoms with Gasteiger partial charge in [-0.05, 0) is 23.3 Å². The predicted octanol–water partition coefficient (Wildman–Crippen LogP) is 6.47. The minimum absolute atomic E-state index is 0.317. The Balaban J connectivity index is 1.92. The summed E-state index contributed by atoms with van der Waals surface area (Å²) in [5.74, 6) is -0.414. The number of carbonyl (C=O) groups is 1. The third-order valence-electron chi connectivity index (χ3n) is 4.52. The van der Waals surface area contributed by atoms with E-state index in [0.717, 1.165) is 11.1 Å². The van der Waals surface area contributed by atoms with Gasteiger partial charge in [0.2, 0.25) is 3.79 Å². The number of hydrogen-bond acceptors (Lipinski definition) is 2. The molecular weight excluding hydrogens is 462 g/mol. The van der Waals surface area contributed by atoms with Crippen LogP contribution in [0.15, 0.2) is 84.9 Å². The number of benzene rings is 3. The molecule has 1 unspecified atom stereocenters. The van der Waals surface area contributed by atoms with Gasteiger partial charge < -0.3 is 5.32 Å². The van der Waals surface area contributed by atoms with E-state index in [1.165, 1.54) is 0 Å². The van der Waals surface area contributed by atoms with Crippen molar-refractivity contribution in [3.63, 3.8) is 0 Å². The van der Waals surface area contributed by atoms with Crippen molar-refractivity contribution < 1.29 is 4.79 Å². The van der Waals surface area contributed by atoms with Crippen LogP contribution in [0.4, 0.5) is 0 Å². The molecule has 0 bridgehead atoms. The van der Waals surface area contributed by atoms with E-state index >= 15 is 0 Å². The molecule has 3 aromatic carbocycles. The van der Waals surface area contributed by atoms with E-state index in [0.29, 0.717) is 23.7 Å². The van der Waals surface area contributed by atoms with Crippen LogP contribution in [0.3, 0.4) is 0 Å². The van der Waals surface area contributed by atoms with E-state index in [1.807, 2.05) is 65.6 Å². The molecule has 0 aliphatic heterocycles. The lowest BCUT2D eigenvalue weighted by atomic mass is 10.1. The van der Waals surface area contributed by atoms with Crippen LogP contribution < -0.4 is 5.32 Å². The summed E-state index contributed by atoms with van der Waals surface area (Å²) in [5, 5.41) is 3.19. The topological polar surface area (TPSA) is 32.3 Å². The molecule has 1 atom stereocenters. The molecular formula is C23H20Cl4N2O. The maximum absolute atomic E-state index is 12.9. The third kappa shape index (κ3) is 6.37. The van der Waals surface area contributed by atoms with Crippen LogP contribution in [0.1, 0.15) is 21.5 Å². The molecule has 3 aromatic rings. The molecule has 7 heteroatoms. The lowest BCUT2D eigenvalue weighted by molar-refractivity contribution is 0.0826. The lowest BCUT2D eigenvalue weighted by Gasteiger charge is -2.36. The largest absolute Gasteiger partial charge is 0.332 e. The van der Waals surface area contributed by atoms with Gasteiger partial charge in [0, 0.05) is 13.1 Å². The van der Waals surface area contributed by atoms with Crippen molar-refractivity contribution in [2.24, 2.45) is 0 Å². The van der Waals surface area contributed by atoms with Gasteiger partial charge in [0.25, 0.3) is 5.91 Å². The predicted molar refractivity (Wildman–Crippen MR) is 125 cm³/mol. The molecule has 30 heavy (non-hydrogen) atoms. The number of alkyl halides is 3. The average molecular weight is 482 g/mol. The van der Waals surface area contributed by atoms with Gasteiger partial charge >= 0.3 is 0 Å². The van der Waals surface area contributed by atoms with Crippen LogP contribution >= 0.6 is 46.4 Å². The van der Waals surface area contributed by atoms with Crippen molar-refractivity contribution in [2.75, 3.05) is 0 Å². The highest BCUT2D eigenvalue weighted by molar-refractivity contribution is 6.68. The molecule has 0 saturated heterocycles. The SMILES string of the molecule is O=C(NC(N(Cc1ccccc1)Cc1ccccc1)C(Cl)(Cl)Cl)c1ccccc1Cl. The summed E-state index contributed by atoms with van der Waals surface area (Å²) in [6.07, 6.45) is -0.897. The van der Waals surface area contributed by atoms with Gasteiger partial charge in [-0.25, -0.2) is 0 Å². The fraction of sp³-hybridized carbons (Fsp3) is 0.174. The van der Waals surface area contributed by atoms with Crippen molar-refractivity contribution in [2.45, 2.75) is 23.0 Å². The summed E-state index contributed by atoms with van der Waals surface area (Å²) in [6.45, 7) is 0.939. The third-order valence-corrected chi connectivity index (χ3v) is 5.47. The molecule has 0 aliphatic rings. The van der Waals surface area contributed by atoms with Gasteiger partial charge in [0.15, 0.2) is 0 Å². The van der Waals surface area contributed by atoms with Crippen molar-refractivity contribution in [3.8, 4) is 0 Å². The number of nitrogens with one attached hydrogen (secondary N) is 1. The summed E-state index contributed by atoms with van der Waals surface area (Å²) in [4.78, 5) is 14.9. The number of nitrogens with zero attached hydrogens (tertiary/aromatic N) is 1. The number of hydrogen-bond donors (Lipinski definition) is 1. The second-order valence-corrected chi connectivity index (χ2v) is 9.55. The molecule has 0 spiro atoms. The van der Waals surface area contributed by atoms with Gasteiger partial charge in [-0.2, -0.15) is 0 Å². The molecule has 0 radical (unpaired) electrons. The summed E-state index contributed by atoms with van der Waals surface area (Å²) >= 11 is 25.2. The van der Waals surface area contributed by atoms with Crippen molar-refractivity contribution >= 4 is 52.3 Å². The first kappa shape index (κ1) is 22.9. The van der Waals surface area contributed by atoms with Crippen LogP contribution in [-0.2, 0) is 13.1 Å². The number of carbonyl (C=O) groups excluding carboxylic acids is 1. The number of amides is 1. The van der Waals surface area contributed by atoms with Gasteiger partial charge in [-0.15, -0.1) is 0 Å².